The van der Waals surface area contributed by atoms with E-state index < -0.39 is 0 Å². The standard InChI is InChI=1S/C18H14N6/c1-23-10-13(8-21-23)16-4-3-14-15(9-20-18(14)22-16)12-2-5-17-19-6-7-24(17)11-12/h2-11H,1H3,(H,20,22). The molecule has 24 heavy (non-hydrogen) atoms. The Morgan fingerprint density at radius 1 is 1.04 bits per heavy atom. The van der Waals surface area contributed by atoms with Crippen molar-refractivity contribution in [3.63, 3.8) is 0 Å². The number of fused-ring (bicyclic) bond motifs is 2. The quantitative estimate of drug-likeness (QED) is 0.544. The lowest BCUT2D eigenvalue weighted by atomic mass is 10.1. The van der Waals surface area contributed by atoms with Crippen molar-refractivity contribution in [2.24, 2.45) is 7.05 Å². The van der Waals surface area contributed by atoms with Crippen LogP contribution >= 0.6 is 0 Å². The molecule has 0 aromatic carbocycles. The summed E-state index contributed by atoms with van der Waals surface area (Å²) in [6.07, 6.45) is 11.6. The Morgan fingerprint density at radius 3 is 2.88 bits per heavy atom. The van der Waals surface area contributed by atoms with Crippen LogP contribution in [0.5, 0.6) is 0 Å². The molecular weight excluding hydrogens is 300 g/mol. The van der Waals surface area contributed by atoms with Gasteiger partial charge in [0.1, 0.15) is 11.3 Å². The first-order valence-electron chi connectivity index (χ1n) is 7.68. The van der Waals surface area contributed by atoms with E-state index in [0.717, 1.165) is 39.1 Å². The van der Waals surface area contributed by atoms with E-state index in [1.807, 2.05) is 48.4 Å². The van der Waals surface area contributed by atoms with Gasteiger partial charge in [0.05, 0.1) is 11.9 Å². The van der Waals surface area contributed by atoms with Crippen LogP contribution < -0.4 is 0 Å². The molecule has 116 valence electrons. The average Bonchev–Trinajstić information content (AvgIpc) is 3.32. The van der Waals surface area contributed by atoms with E-state index >= 15 is 0 Å². The summed E-state index contributed by atoms with van der Waals surface area (Å²) in [6, 6.07) is 8.24. The van der Waals surface area contributed by atoms with Gasteiger partial charge in [-0.05, 0) is 24.3 Å². The predicted octanol–water partition coefficient (Wildman–Crippen LogP) is 3.28. The van der Waals surface area contributed by atoms with Crippen molar-refractivity contribution >= 4 is 16.7 Å². The van der Waals surface area contributed by atoms with Gasteiger partial charge in [0.2, 0.25) is 0 Å². The lowest BCUT2D eigenvalue weighted by Gasteiger charge is -2.02. The van der Waals surface area contributed by atoms with Gasteiger partial charge in [-0.1, -0.05) is 0 Å². The third-order valence-electron chi connectivity index (χ3n) is 4.24. The summed E-state index contributed by atoms with van der Waals surface area (Å²) in [4.78, 5) is 12.3. The maximum atomic E-state index is 4.73. The van der Waals surface area contributed by atoms with Crippen LogP contribution in [-0.4, -0.2) is 29.1 Å². The Hall–Kier alpha value is -3.41. The van der Waals surface area contributed by atoms with Gasteiger partial charge in [-0.2, -0.15) is 5.10 Å². The minimum Gasteiger partial charge on any atom is -0.345 e. The molecule has 0 aliphatic carbocycles. The number of hydrogen-bond acceptors (Lipinski definition) is 3. The SMILES string of the molecule is Cn1cc(-c2ccc3c(-c4ccc5nccn5c4)c[nH]c3n2)cn1. The van der Waals surface area contributed by atoms with E-state index in [4.69, 9.17) is 4.98 Å². The van der Waals surface area contributed by atoms with Gasteiger partial charge in [0.15, 0.2) is 0 Å². The van der Waals surface area contributed by atoms with E-state index in [9.17, 15) is 0 Å². The summed E-state index contributed by atoms with van der Waals surface area (Å²) in [6.45, 7) is 0. The van der Waals surface area contributed by atoms with Gasteiger partial charge in [-0.15, -0.1) is 0 Å². The molecule has 6 heteroatoms. The molecule has 1 N–H and O–H groups in total. The summed E-state index contributed by atoms with van der Waals surface area (Å²) in [7, 11) is 1.90. The number of aromatic amines is 1. The molecule has 0 aliphatic rings. The number of imidazole rings is 1. The molecule has 5 heterocycles. The maximum Gasteiger partial charge on any atom is 0.138 e. The molecular formula is C18H14N6. The minimum atomic E-state index is 0.872. The molecule has 0 amide bonds. The van der Waals surface area contributed by atoms with Crippen molar-refractivity contribution in [1.29, 1.82) is 0 Å². The summed E-state index contributed by atoms with van der Waals surface area (Å²) in [5.41, 5.74) is 5.99. The fourth-order valence-electron chi connectivity index (χ4n) is 3.04. The maximum absolute atomic E-state index is 4.73. The third-order valence-corrected chi connectivity index (χ3v) is 4.24. The van der Waals surface area contributed by atoms with Crippen LogP contribution in [0.3, 0.4) is 0 Å². The van der Waals surface area contributed by atoms with Crippen LogP contribution in [0.1, 0.15) is 0 Å². The Labute approximate surface area is 137 Å². The van der Waals surface area contributed by atoms with Gasteiger partial charge in [0, 0.05) is 60.1 Å². The third kappa shape index (κ3) is 1.93. The van der Waals surface area contributed by atoms with E-state index in [0.29, 0.717) is 0 Å². The monoisotopic (exact) mass is 314 g/mol. The Balaban J connectivity index is 1.64. The van der Waals surface area contributed by atoms with Crippen LogP contribution in [0.4, 0.5) is 0 Å². The summed E-state index contributed by atoms with van der Waals surface area (Å²) in [5.74, 6) is 0. The fourth-order valence-corrected chi connectivity index (χ4v) is 3.04. The van der Waals surface area contributed by atoms with Crippen LogP contribution in [0.15, 0.2) is 61.4 Å². The molecule has 0 saturated heterocycles. The van der Waals surface area contributed by atoms with Crippen molar-refractivity contribution in [2.45, 2.75) is 0 Å². The van der Waals surface area contributed by atoms with Gasteiger partial charge in [-0.3, -0.25) is 4.68 Å². The molecule has 0 atom stereocenters. The zero-order valence-electron chi connectivity index (χ0n) is 13.0. The summed E-state index contributed by atoms with van der Waals surface area (Å²) in [5, 5.41) is 5.31. The second-order valence-electron chi connectivity index (χ2n) is 5.81. The highest BCUT2D eigenvalue weighted by atomic mass is 15.2. The molecule has 0 saturated carbocycles. The molecule has 0 fully saturated rings. The number of hydrogen-bond donors (Lipinski definition) is 1. The highest BCUT2D eigenvalue weighted by Gasteiger charge is 2.10. The number of rotatable bonds is 2. The van der Waals surface area contributed by atoms with E-state index in [1.54, 1.807) is 10.9 Å². The Morgan fingerprint density at radius 2 is 2.00 bits per heavy atom. The molecule has 5 aromatic rings. The van der Waals surface area contributed by atoms with E-state index in [2.05, 4.69) is 33.4 Å². The number of aryl methyl sites for hydroxylation is 1. The highest BCUT2D eigenvalue weighted by molar-refractivity contribution is 5.94. The predicted molar refractivity (Wildman–Crippen MR) is 92.5 cm³/mol. The van der Waals surface area contributed by atoms with E-state index in [1.165, 1.54) is 0 Å². The van der Waals surface area contributed by atoms with Crippen molar-refractivity contribution in [1.82, 2.24) is 29.1 Å². The Bertz CT molecular complexity index is 1180. The first kappa shape index (κ1) is 13.1. The van der Waals surface area contributed by atoms with Crippen LogP contribution in [0.25, 0.3) is 39.1 Å². The summed E-state index contributed by atoms with van der Waals surface area (Å²) < 4.78 is 3.80. The zero-order valence-corrected chi connectivity index (χ0v) is 13.0. The largest absolute Gasteiger partial charge is 0.345 e. The van der Waals surface area contributed by atoms with Crippen LogP contribution in [-0.2, 0) is 7.05 Å². The molecule has 0 spiro atoms. The number of aromatic nitrogens is 6. The second kappa shape index (κ2) is 4.79. The molecule has 0 radical (unpaired) electrons. The molecule has 0 aliphatic heterocycles. The van der Waals surface area contributed by atoms with Gasteiger partial charge >= 0.3 is 0 Å². The zero-order chi connectivity index (χ0) is 16.1. The van der Waals surface area contributed by atoms with Crippen LogP contribution in [0.2, 0.25) is 0 Å². The smallest absolute Gasteiger partial charge is 0.138 e. The second-order valence-corrected chi connectivity index (χ2v) is 5.81. The van der Waals surface area contributed by atoms with Crippen molar-refractivity contribution < 1.29 is 0 Å². The van der Waals surface area contributed by atoms with Crippen molar-refractivity contribution in [3.8, 4) is 22.4 Å². The lowest BCUT2D eigenvalue weighted by molar-refractivity contribution is 0.768. The molecule has 0 unspecified atom stereocenters. The number of pyridine rings is 2. The molecule has 6 nitrogen and oxygen atoms in total. The molecule has 0 bridgehead atoms. The van der Waals surface area contributed by atoms with Crippen molar-refractivity contribution in [2.75, 3.05) is 0 Å². The molecule has 5 rings (SSSR count). The highest BCUT2D eigenvalue weighted by Crippen LogP contribution is 2.29. The number of nitrogens with one attached hydrogen (secondary N) is 1. The van der Waals surface area contributed by atoms with Gasteiger partial charge in [-0.25, -0.2) is 9.97 Å². The lowest BCUT2D eigenvalue weighted by Crippen LogP contribution is -1.86. The topological polar surface area (TPSA) is 63.8 Å². The van der Waals surface area contributed by atoms with Crippen LogP contribution in [0, 0.1) is 0 Å². The minimum absolute atomic E-state index is 0.872. The number of nitrogens with zero attached hydrogens (tertiary/aromatic N) is 5. The first-order valence-corrected chi connectivity index (χ1v) is 7.68. The molecule has 5 aromatic heterocycles. The number of H-pyrrole nitrogens is 1. The van der Waals surface area contributed by atoms with Gasteiger partial charge in [0.25, 0.3) is 0 Å². The van der Waals surface area contributed by atoms with Gasteiger partial charge < -0.3 is 9.38 Å². The normalized spacial score (nSPS) is 11.5. The fraction of sp³-hybridized carbons (Fsp3) is 0.0556. The first-order chi connectivity index (χ1) is 11.8. The van der Waals surface area contributed by atoms with Crippen molar-refractivity contribution in [3.05, 3.63) is 61.4 Å². The Kier molecular flexibility index (Phi) is 2.61. The summed E-state index contributed by atoms with van der Waals surface area (Å²) >= 11 is 0. The average molecular weight is 314 g/mol. The van der Waals surface area contributed by atoms with E-state index in [-0.39, 0.29) is 0 Å².